The van der Waals surface area contributed by atoms with E-state index in [0.29, 0.717) is 16.8 Å². The highest BCUT2D eigenvalue weighted by Crippen LogP contribution is 2.57. The molecule has 0 spiro atoms. The second-order valence-electron chi connectivity index (χ2n) is 12.5. The Bertz CT molecular complexity index is 1950. The van der Waals surface area contributed by atoms with Crippen molar-refractivity contribution >= 4 is 40.6 Å². The molecule has 8 N–H and O–H groups in total. The Morgan fingerprint density at radius 3 is 2.32 bits per heavy atom. The zero-order valence-corrected chi connectivity index (χ0v) is 25.1. The number of carbonyl (C=O) groups is 6. The lowest BCUT2D eigenvalue weighted by Gasteiger charge is -2.60. The van der Waals surface area contributed by atoms with E-state index in [9.17, 15) is 39.1 Å². The predicted octanol–water partition coefficient (Wildman–Crippen LogP) is -0.284. The van der Waals surface area contributed by atoms with Crippen LogP contribution in [0.1, 0.15) is 32.9 Å². The number of nitriles is 1. The summed E-state index contributed by atoms with van der Waals surface area (Å²) in [5.74, 6) is -10.9. The number of amides is 2. The molecule has 2 amide bonds. The molecule has 0 aliphatic heterocycles. The van der Waals surface area contributed by atoms with Gasteiger partial charge in [-0.05, 0) is 61.8 Å². The monoisotopic (exact) mass is 639 g/mol. The highest BCUT2D eigenvalue weighted by Gasteiger charge is 2.78. The average molecular weight is 640 g/mol. The number of phenols is 1. The maximum Gasteiger partial charge on any atom is 0.294 e. The molecule has 1 aromatic heterocycles. The number of anilines is 1. The topological polar surface area (TPSA) is 266 Å². The minimum absolute atomic E-state index is 0.00568. The number of nitrogens with zero attached hydrogens (tertiary/aromatic N) is 3. The lowest BCUT2D eigenvalue weighted by molar-refractivity contribution is -0.166. The molecule has 3 aliphatic carbocycles. The molecule has 0 radical (unpaired) electrons. The van der Waals surface area contributed by atoms with E-state index in [4.69, 9.17) is 21.7 Å². The summed E-state index contributed by atoms with van der Waals surface area (Å²) in [6.07, 6.45) is 0.584. The Kier molecular flexibility index (Phi) is 7.01. The second kappa shape index (κ2) is 10.5. The fraction of sp³-hybridized carbons (Fsp3) is 0.312. The minimum atomic E-state index is -2.82. The lowest BCUT2D eigenvalue weighted by atomic mass is 9.42. The van der Waals surface area contributed by atoms with E-state index in [1.165, 1.54) is 37.3 Å². The summed E-state index contributed by atoms with van der Waals surface area (Å²) >= 11 is 0. The molecule has 3 aromatic rings. The van der Waals surface area contributed by atoms with Crippen LogP contribution in [0.3, 0.4) is 0 Å². The number of fused-ring (bicyclic) bond motifs is 3. The van der Waals surface area contributed by atoms with Crippen molar-refractivity contribution in [2.75, 3.05) is 19.4 Å². The molecule has 0 bridgehead atoms. The van der Waals surface area contributed by atoms with Crippen molar-refractivity contribution in [3.8, 4) is 22.9 Å². The van der Waals surface area contributed by atoms with Crippen LogP contribution in [0, 0.1) is 28.6 Å². The van der Waals surface area contributed by atoms with Gasteiger partial charge in [0.2, 0.25) is 11.7 Å². The summed E-state index contributed by atoms with van der Waals surface area (Å²) in [7, 11) is 2.87. The summed E-state index contributed by atoms with van der Waals surface area (Å²) in [6.45, 7) is 0. The van der Waals surface area contributed by atoms with Gasteiger partial charge in [0.1, 0.15) is 11.7 Å². The summed E-state index contributed by atoms with van der Waals surface area (Å²) in [6, 6.07) is 10.9. The highest BCUT2D eigenvalue weighted by atomic mass is 16.5. The molecule has 0 saturated heterocycles. The zero-order valence-electron chi connectivity index (χ0n) is 25.1. The van der Waals surface area contributed by atoms with Gasteiger partial charge in [-0.25, -0.2) is 0 Å². The van der Waals surface area contributed by atoms with E-state index >= 15 is 0 Å². The third kappa shape index (κ3) is 4.19. The van der Waals surface area contributed by atoms with Crippen LogP contribution in [0.15, 0.2) is 53.2 Å². The molecule has 47 heavy (non-hydrogen) atoms. The first kappa shape index (κ1) is 31.4. The van der Waals surface area contributed by atoms with Crippen LogP contribution >= 0.6 is 0 Å². The van der Waals surface area contributed by atoms with Gasteiger partial charge in [0.25, 0.3) is 5.91 Å². The van der Waals surface area contributed by atoms with Gasteiger partial charge in [0, 0.05) is 17.3 Å². The molecule has 15 nitrogen and oxygen atoms in total. The number of primary amides is 1. The van der Waals surface area contributed by atoms with Gasteiger partial charge in [-0.1, -0.05) is 23.4 Å². The molecule has 3 unspecified atom stereocenters. The maximum atomic E-state index is 14.5. The van der Waals surface area contributed by atoms with E-state index in [1.807, 2.05) is 0 Å². The molecule has 6 rings (SSSR count). The molecule has 15 heteroatoms. The Balaban J connectivity index is 1.46. The Hall–Kier alpha value is -5.56. The molecule has 6 atom stereocenters. The first-order chi connectivity index (χ1) is 22.1. The molecule has 2 saturated carbocycles. The Labute approximate surface area is 266 Å². The molecule has 3 aliphatic rings. The zero-order chi connectivity index (χ0) is 34.2. The molecular formula is C32H29N7O8. The number of likely N-dealkylation sites (N-methyl/N-ethyl adjacent to an activating group) is 1. The van der Waals surface area contributed by atoms with Crippen LogP contribution in [0.25, 0.3) is 11.1 Å². The number of ketones is 4. The average Bonchev–Trinajstić information content (AvgIpc) is 3.52. The van der Waals surface area contributed by atoms with Gasteiger partial charge in [0.15, 0.2) is 34.5 Å². The van der Waals surface area contributed by atoms with Gasteiger partial charge in [-0.3, -0.25) is 33.7 Å². The number of carbonyl (C=O) groups excluding carboxylic acids is 6. The number of nitrogens with two attached hydrogens (primary N) is 3. The molecular weight excluding hydrogens is 610 g/mol. The van der Waals surface area contributed by atoms with E-state index < -0.39 is 81.5 Å². The first-order valence-corrected chi connectivity index (χ1v) is 14.4. The van der Waals surface area contributed by atoms with E-state index in [2.05, 4.69) is 10.5 Å². The van der Waals surface area contributed by atoms with E-state index in [-0.39, 0.29) is 23.3 Å². The van der Waals surface area contributed by atoms with Crippen molar-refractivity contribution in [1.29, 1.82) is 5.26 Å². The van der Waals surface area contributed by atoms with Crippen LogP contribution in [0.4, 0.5) is 5.69 Å². The molecule has 240 valence electrons. The minimum Gasteiger partial charge on any atom is -0.507 e. The summed E-state index contributed by atoms with van der Waals surface area (Å²) in [5, 5.41) is 27.6. The summed E-state index contributed by atoms with van der Waals surface area (Å²) in [5.41, 5.74) is 13.8. The normalized spacial score (nSPS) is 29.8. The maximum absolute atomic E-state index is 14.5. The quantitative estimate of drug-likeness (QED) is 0.225. The number of nitrogens with one attached hydrogen (secondary N) is 1. The number of benzene rings is 2. The Morgan fingerprint density at radius 1 is 1.06 bits per heavy atom. The number of rotatable bonds is 5. The van der Waals surface area contributed by atoms with Crippen LogP contribution < -0.4 is 22.5 Å². The molecule has 2 fully saturated rings. The summed E-state index contributed by atoms with van der Waals surface area (Å²) < 4.78 is 4.86. The predicted molar refractivity (Wildman–Crippen MR) is 161 cm³/mol. The second-order valence-corrected chi connectivity index (χ2v) is 12.5. The van der Waals surface area contributed by atoms with Crippen molar-refractivity contribution in [3.05, 3.63) is 65.5 Å². The lowest BCUT2D eigenvalue weighted by Crippen LogP contribution is -2.85. The Morgan fingerprint density at radius 2 is 1.74 bits per heavy atom. The largest absolute Gasteiger partial charge is 0.507 e. The number of Topliss-reactive ketones (excluding diaryl/α,β-unsaturated/α-hetero) is 4. The smallest absolute Gasteiger partial charge is 0.294 e. The van der Waals surface area contributed by atoms with E-state index in [1.54, 1.807) is 36.4 Å². The van der Waals surface area contributed by atoms with Gasteiger partial charge < -0.3 is 32.1 Å². The molecule has 2 aromatic carbocycles. The highest BCUT2D eigenvalue weighted by molar-refractivity contribution is 6.33. The van der Waals surface area contributed by atoms with Crippen LogP contribution in [-0.2, 0) is 25.6 Å². The van der Waals surface area contributed by atoms with Crippen molar-refractivity contribution in [3.63, 3.8) is 0 Å². The third-order valence-corrected chi connectivity index (χ3v) is 9.59. The van der Waals surface area contributed by atoms with Crippen molar-refractivity contribution in [2.45, 2.75) is 30.0 Å². The number of hydrogen-bond donors (Lipinski definition) is 5. The third-order valence-electron chi connectivity index (χ3n) is 9.59. The van der Waals surface area contributed by atoms with Crippen molar-refractivity contribution in [1.82, 2.24) is 10.1 Å². The fourth-order valence-corrected chi connectivity index (χ4v) is 7.74. The SMILES string of the molecule is CN(C)C1C(=O)C(C(N)=O)C(=O)[C@@]2(C#N)C(=O)C3C(=O)c4c(O)ccc(-c5ccc(NC(=O)c6ccno6)cc5)c4C[C@@]3(N)C[C@@]12N. The van der Waals surface area contributed by atoms with Gasteiger partial charge in [0.05, 0.1) is 29.4 Å². The standard InChI is InChI=1S/C32H29N7O8/c1-39(2)25-24(42)21(28(34)45)26(43)31(13-33)27(44)22-23(41)20-17(11-30(22,35)12-32(25,31)36)16(7-8-18(20)40)14-3-5-15(6-4-14)38-29(46)19-9-10-37-47-19/h3-10,21-22,25,40H,11-12,35-36H2,1-2H3,(H2,34,45)(H,38,46)/t21?,22?,25?,30-,31+,32-/m1/s1. The van der Waals surface area contributed by atoms with Crippen LogP contribution in [0.5, 0.6) is 5.75 Å². The number of aromatic hydroxyl groups is 1. The fourth-order valence-electron chi connectivity index (χ4n) is 7.74. The van der Waals surface area contributed by atoms with Crippen LogP contribution in [0.2, 0.25) is 0 Å². The van der Waals surface area contributed by atoms with E-state index in [0.717, 1.165) is 0 Å². The van der Waals surface area contributed by atoms with Gasteiger partial charge in [-0.15, -0.1) is 0 Å². The number of hydrogen-bond acceptors (Lipinski definition) is 13. The van der Waals surface area contributed by atoms with Crippen molar-refractivity contribution < 1.29 is 38.4 Å². The van der Waals surface area contributed by atoms with Crippen molar-refractivity contribution in [2.24, 2.45) is 34.5 Å². The summed E-state index contributed by atoms with van der Waals surface area (Å²) in [4.78, 5) is 82.2. The number of aromatic nitrogens is 1. The van der Waals surface area contributed by atoms with Gasteiger partial charge >= 0.3 is 0 Å². The van der Waals surface area contributed by atoms with Crippen LogP contribution in [-0.4, -0.2) is 81.3 Å². The first-order valence-electron chi connectivity index (χ1n) is 14.4. The molecule has 1 heterocycles. The number of phenolic OH excluding ortho intramolecular Hbond substituents is 1. The van der Waals surface area contributed by atoms with Gasteiger partial charge in [-0.2, -0.15) is 5.26 Å².